The fourth-order valence-electron chi connectivity index (χ4n) is 1.16. The number of hydrogen-bond donors (Lipinski definition) is 0. The van der Waals surface area contributed by atoms with E-state index in [1.165, 1.54) is 6.42 Å². The number of hydrogen-bond acceptors (Lipinski definition) is 2. The van der Waals surface area contributed by atoms with Crippen LogP contribution in [-0.2, 0) is 9.05 Å². The summed E-state index contributed by atoms with van der Waals surface area (Å²) in [6.45, 7) is 3.70. The van der Waals surface area contributed by atoms with E-state index in [-0.39, 0.29) is 5.75 Å². The largest absolute Gasteiger partial charge is 0.236 e. The van der Waals surface area contributed by atoms with Gasteiger partial charge >= 0.3 is 0 Å². The van der Waals surface area contributed by atoms with Gasteiger partial charge in [-0.3, -0.25) is 0 Å². The Labute approximate surface area is 71.7 Å². The van der Waals surface area contributed by atoms with Crippen molar-refractivity contribution < 1.29 is 8.42 Å². The quantitative estimate of drug-likeness (QED) is 0.508. The Bertz CT molecular complexity index is 252. The van der Waals surface area contributed by atoms with Crippen LogP contribution in [0, 0.1) is 5.92 Å². The van der Waals surface area contributed by atoms with E-state index in [4.69, 9.17) is 10.7 Å². The highest BCUT2D eigenvalue weighted by molar-refractivity contribution is 8.13. The van der Waals surface area contributed by atoms with Gasteiger partial charge in [0, 0.05) is 10.7 Å². The van der Waals surface area contributed by atoms with Crippen LogP contribution < -0.4 is 0 Å². The molecule has 1 rings (SSSR count). The molecule has 1 aliphatic carbocycles. The van der Waals surface area contributed by atoms with Gasteiger partial charge in [-0.15, -0.1) is 0 Å². The lowest BCUT2D eigenvalue weighted by molar-refractivity contribution is 0.369. The van der Waals surface area contributed by atoms with Crippen molar-refractivity contribution in [2.75, 3.05) is 5.75 Å². The minimum Gasteiger partial charge on any atom is -0.212 e. The van der Waals surface area contributed by atoms with E-state index < -0.39 is 9.05 Å². The van der Waals surface area contributed by atoms with Gasteiger partial charge in [0.25, 0.3) is 0 Å². The van der Waals surface area contributed by atoms with E-state index in [0.29, 0.717) is 5.92 Å². The van der Waals surface area contributed by atoms with Gasteiger partial charge in [-0.1, -0.05) is 18.6 Å². The lowest BCUT2D eigenvalue weighted by Gasteiger charge is -2.26. The van der Waals surface area contributed by atoms with Gasteiger partial charge in [-0.25, -0.2) is 8.42 Å². The highest BCUT2D eigenvalue weighted by atomic mass is 35.7. The molecule has 11 heavy (non-hydrogen) atoms. The first-order chi connectivity index (χ1) is 4.99. The summed E-state index contributed by atoms with van der Waals surface area (Å²) in [5, 5.41) is 0. The van der Waals surface area contributed by atoms with Crippen molar-refractivity contribution >= 4 is 19.7 Å². The zero-order valence-corrected chi connectivity index (χ0v) is 7.79. The van der Waals surface area contributed by atoms with Crippen LogP contribution in [0.25, 0.3) is 0 Å². The predicted octanol–water partition coefficient (Wildman–Crippen LogP) is 1.91. The van der Waals surface area contributed by atoms with Crippen molar-refractivity contribution in [3.05, 3.63) is 12.2 Å². The summed E-state index contributed by atoms with van der Waals surface area (Å²) in [7, 11) is 1.69. The smallest absolute Gasteiger partial charge is 0.212 e. The molecule has 0 aromatic carbocycles. The lowest BCUT2D eigenvalue weighted by Crippen LogP contribution is -2.17. The molecule has 0 heterocycles. The highest BCUT2D eigenvalue weighted by Crippen LogP contribution is 2.32. The molecule has 64 valence electrons. The van der Waals surface area contributed by atoms with E-state index in [2.05, 4.69) is 6.58 Å². The van der Waals surface area contributed by atoms with Gasteiger partial charge in [0.05, 0.1) is 5.75 Å². The molecule has 0 N–H and O–H groups in total. The van der Waals surface area contributed by atoms with Crippen molar-refractivity contribution in [2.45, 2.75) is 19.3 Å². The van der Waals surface area contributed by atoms with Crippen LogP contribution >= 0.6 is 10.7 Å². The molecule has 2 nitrogen and oxygen atoms in total. The van der Waals surface area contributed by atoms with Crippen LogP contribution in [0.1, 0.15) is 19.3 Å². The Morgan fingerprint density at radius 2 is 2.09 bits per heavy atom. The molecular formula is C7H11ClO2S. The van der Waals surface area contributed by atoms with Gasteiger partial charge in [-0.2, -0.15) is 0 Å². The summed E-state index contributed by atoms with van der Waals surface area (Å²) in [6.07, 6.45) is 3.34. The molecule has 0 aromatic rings. The number of halogens is 1. The van der Waals surface area contributed by atoms with Gasteiger partial charge in [0.15, 0.2) is 0 Å². The summed E-state index contributed by atoms with van der Waals surface area (Å²) >= 11 is 0. The summed E-state index contributed by atoms with van der Waals surface area (Å²) in [4.78, 5) is 0. The van der Waals surface area contributed by atoms with E-state index >= 15 is 0 Å². The summed E-state index contributed by atoms with van der Waals surface area (Å²) in [6, 6.07) is 0. The maximum Gasteiger partial charge on any atom is 0.236 e. The Balaban J connectivity index is 2.43. The molecule has 1 fully saturated rings. The van der Waals surface area contributed by atoms with Crippen LogP contribution in [0.3, 0.4) is 0 Å². The van der Waals surface area contributed by atoms with Gasteiger partial charge in [0.2, 0.25) is 9.05 Å². The van der Waals surface area contributed by atoms with Crippen molar-refractivity contribution in [3.8, 4) is 0 Å². The SMILES string of the molecule is C=C(CS(=O)(=O)Cl)C1CCC1. The van der Waals surface area contributed by atoms with Crippen LogP contribution in [0.5, 0.6) is 0 Å². The minimum atomic E-state index is -3.37. The third-order valence-electron chi connectivity index (χ3n) is 2.04. The zero-order chi connectivity index (χ0) is 8.48. The first-order valence-corrected chi connectivity index (χ1v) is 6.07. The van der Waals surface area contributed by atoms with E-state index in [1.807, 2.05) is 0 Å². The fourth-order valence-corrected chi connectivity index (χ4v) is 2.25. The minimum absolute atomic E-state index is 0.0563. The van der Waals surface area contributed by atoms with E-state index in [1.54, 1.807) is 0 Å². The van der Waals surface area contributed by atoms with Gasteiger partial charge in [-0.05, 0) is 18.8 Å². The second-order valence-corrected chi connectivity index (χ2v) is 5.75. The topological polar surface area (TPSA) is 34.1 Å². The predicted molar refractivity (Wildman–Crippen MR) is 46.1 cm³/mol. The second-order valence-electron chi connectivity index (χ2n) is 2.97. The van der Waals surface area contributed by atoms with Crippen molar-refractivity contribution in [3.63, 3.8) is 0 Å². The van der Waals surface area contributed by atoms with Crippen LogP contribution in [0.4, 0.5) is 0 Å². The Morgan fingerprint density at radius 3 is 2.36 bits per heavy atom. The summed E-state index contributed by atoms with van der Waals surface area (Å²) in [5.74, 6) is 0.350. The van der Waals surface area contributed by atoms with Gasteiger partial charge < -0.3 is 0 Å². The molecule has 0 radical (unpaired) electrons. The Morgan fingerprint density at radius 1 is 1.55 bits per heavy atom. The average molecular weight is 195 g/mol. The maximum atomic E-state index is 10.6. The zero-order valence-electron chi connectivity index (χ0n) is 6.22. The third-order valence-corrected chi connectivity index (χ3v) is 3.08. The molecule has 0 unspecified atom stereocenters. The molecule has 0 atom stereocenters. The molecule has 1 aliphatic rings. The van der Waals surface area contributed by atoms with Crippen molar-refractivity contribution in [1.29, 1.82) is 0 Å². The van der Waals surface area contributed by atoms with Crippen molar-refractivity contribution in [2.24, 2.45) is 5.92 Å². The van der Waals surface area contributed by atoms with Crippen LogP contribution in [0.2, 0.25) is 0 Å². The molecule has 0 amide bonds. The van der Waals surface area contributed by atoms with Crippen LogP contribution in [0.15, 0.2) is 12.2 Å². The molecule has 0 spiro atoms. The molecular weight excluding hydrogens is 184 g/mol. The summed E-state index contributed by atoms with van der Waals surface area (Å²) < 4.78 is 21.2. The highest BCUT2D eigenvalue weighted by Gasteiger charge is 2.23. The Kier molecular flexibility index (Phi) is 2.60. The number of rotatable bonds is 3. The lowest BCUT2D eigenvalue weighted by atomic mass is 9.81. The van der Waals surface area contributed by atoms with Crippen molar-refractivity contribution in [1.82, 2.24) is 0 Å². The monoisotopic (exact) mass is 194 g/mol. The van der Waals surface area contributed by atoms with Gasteiger partial charge in [0.1, 0.15) is 0 Å². The molecule has 0 saturated heterocycles. The van der Waals surface area contributed by atoms with Crippen LogP contribution in [-0.4, -0.2) is 14.2 Å². The normalized spacial score (nSPS) is 19.4. The molecule has 4 heteroatoms. The second kappa shape index (κ2) is 3.15. The van der Waals surface area contributed by atoms with E-state index in [0.717, 1.165) is 18.4 Å². The third kappa shape index (κ3) is 2.83. The molecule has 0 aromatic heterocycles. The molecule has 0 aliphatic heterocycles. The van der Waals surface area contributed by atoms with E-state index in [9.17, 15) is 8.42 Å². The Hall–Kier alpha value is -0.0200. The fraction of sp³-hybridized carbons (Fsp3) is 0.714. The molecule has 0 bridgehead atoms. The standard InChI is InChI=1S/C7H11ClO2S/c1-6(5-11(8,9)10)7-3-2-4-7/h7H,1-5H2. The summed E-state index contributed by atoms with van der Waals surface area (Å²) in [5.41, 5.74) is 0.770. The molecule has 1 saturated carbocycles. The average Bonchev–Trinajstić information content (AvgIpc) is 1.50. The first kappa shape index (κ1) is 9.07. The maximum absolute atomic E-state index is 10.6. The first-order valence-electron chi connectivity index (χ1n) is 3.59.